The second kappa shape index (κ2) is 4.35. The van der Waals surface area contributed by atoms with Crippen molar-refractivity contribution in [2.24, 2.45) is 17.1 Å². The van der Waals surface area contributed by atoms with Crippen LogP contribution >= 0.6 is 0 Å². The Hall–Kier alpha value is -1.34. The fourth-order valence-electron chi connectivity index (χ4n) is 3.97. The van der Waals surface area contributed by atoms with Gasteiger partial charge in [-0.25, -0.2) is 0 Å². The highest BCUT2D eigenvalue weighted by Gasteiger charge is 2.56. The molecule has 2 saturated carbocycles. The molecule has 2 N–H and O–H groups in total. The summed E-state index contributed by atoms with van der Waals surface area (Å²) in [5.41, 5.74) is 6.03. The molecule has 0 radical (unpaired) electrons. The average Bonchev–Trinajstić information content (AvgIpc) is 2.91. The summed E-state index contributed by atoms with van der Waals surface area (Å²) in [6, 6.07) is 1.76. The first-order valence-electron chi connectivity index (χ1n) is 7.24. The van der Waals surface area contributed by atoms with E-state index in [9.17, 15) is 10.1 Å². The Balaban J connectivity index is 1.80. The van der Waals surface area contributed by atoms with Crippen LogP contribution in [-0.2, 0) is 4.79 Å². The van der Waals surface area contributed by atoms with Crippen LogP contribution in [0.25, 0.3) is 0 Å². The van der Waals surface area contributed by atoms with Gasteiger partial charge in [0.15, 0.2) is 0 Å². The van der Waals surface area contributed by atoms with Crippen LogP contribution in [0, 0.1) is 22.7 Å². The molecule has 0 spiro atoms. The number of carbonyl (C=O) groups excluding carboxylic acids is 1. The molecule has 0 aromatic carbocycles. The zero-order valence-corrected chi connectivity index (χ0v) is 11.2. The fourth-order valence-corrected chi connectivity index (χ4v) is 3.97. The molecule has 3 unspecified atom stereocenters. The lowest BCUT2D eigenvalue weighted by molar-refractivity contribution is -0.136. The zero-order valence-electron chi connectivity index (χ0n) is 11.2. The number of nitrogens with zero attached hydrogens (tertiary/aromatic N) is 2. The van der Waals surface area contributed by atoms with E-state index in [4.69, 9.17) is 5.73 Å². The number of carbonyl (C=O) groups is 1. The van der Waals surface area contributed by atoms with Crippen molar-refractivity contribution in [3.05, 3.63) is 12.7 Å². The van der Waals surface area contributed by atoms with E-state index in [-0.39, 0.29) is 23.4 Å². The SMILES string of the molecule is C=CC1([C@H](N)C(=O)N2C(C#N)CC3CC32)CCCC1. The zero-order chi connectivity index (χ0) is 13.6. The monoisotopic (exact) mass is 259 g/mol. The van der Waals surface area contributed by atoms with Crippen molar-refractivity contribution < 1.29 is 4.79 Å². The molecule has 1 saturated heterocycles. The minimum atomic E-state index is -0.525. The summed E-state index contributed by atoms with van der Waals surface area (Å²) in [6.45, 7) is 3.90. The van der Waals surface area contributed by atoms with Gasteiger partial charge in [0.2, 0.25) is 5.91 Å². The number of nitrogens with two attached hydrogens (primary N) is 1. The quantitative estimate of drug-likeness (QED) is 0.782. The van der Waals surface area contributed by atoms with Crippen LogP contribution in [0.3, 0.4) is 0 Å². The first-order valence-corrected chi connectivity index (χ1v) is 7.24. The van der Waals surface area contributed by atoms with Crippen LogP contribution in [0.15, 0.2) is 12.7 Å². The standard InChI is InChI=1S/C15H21N3O/c1-2-15(5-3-4-6-15)13(17)14(19)18-11(9-16)7-10-8-12(10)18/h2,10-13H,1,3-8,17H2/t10?,11?,12?,13-/m1/s1. The van der Waals surface area contributed by atoms with Crippen molar-refractivity contribution >= 4 is 5.91 Å². The minimum absolute atomic E-state index is 0.0293. The molecule has 4 nitrogen and oxygen atoms in total. The summed E-state index contributed by atoms with van der Waals surface area (Å²) in [7, 11) is 0. The molecule has 1 amide bonds. The summed E-state index contributed by atoms with van der Waals surface area (Å²) in [6.07, 6.45) is 7.88. The maximum atomic E-state index is 12.7. The second-order valence-electron chi connectivity index (χ2n) is 6.31. The van der Waals surface area contributed by atoms with Gasteiger partial charge in [-0.2, -0.15) is 5.26 Å². The van der Waals surface area contributed by atoms with Crippen LogP contribution in [0.4, 0.5) is 0 Å². The third kappa shape index (κ3) is 1.80. The molecule has 1 aliphatic heterocycles. The van der Waals surface area contributed by atoms with Crippen LogP contribution in [0.1, 0.15) is 38.5 Å². The lowest BCUT2D eigenvalue weighted by Gasteiger charge is -2.35. The second-order valence-corrected chi connectivity index (χ2v) is 6.31. The molecule has 4 heteroatoms. The van der Waals surface area contributed by atoms with E-state index < -0.39 is 6.04 Å². The predicted octanol–water partition coefficient (Wildman–Crippen LogP) is 1.57. The van der Waals surface area contributed by atoms with Crippen molar-refractivity contribution in [3.8, 4) is 6.07 Å². The first kappa shape index (κ1) is 12.7. The number of hydrogen-bond acceptors (Lipinski definition) is 3. The molecule has 3 fully saturated rings. The van der Waals surface area contributed by atoms with E-state index in [0.29, 0.717) is 5.92 Å². The molecule has 19 heavy (non-hydrogen) atoms. The van der Waals surface area contributed by atoms with Crippen LogP contribution in [-0.4, -0.2) is 28.9 Å². The van der Waals surface area contributed by atoms with Crippen molar-refractivity contribution in [2.75, 3.05) is 0 Å². The molecule has 0 aromatic heterocycles. The highest BCUT2D eigenvalue weighted by Crippen LogP contribution is 2.49. The van der Waals surface area contributed by atoms with Gasteiger partial charge in [-0.1, -0.05) is 18.9 Å². The van der Waals surface area contributed by atoms with Gasteiger partial charge in [-0.05, 0) is 31.6 Å². The summed E-state index contributed by atoms with van der Waals surface area (Å²) in [5, 5.41) is 9.19. The van der Waals surface area contributed by atoms with Gasteiger partial charge < -0.3 is 10.6 Å². The third-order valence-corrected chi connectivity index (χ3v) is 5.33. The van der Waals surface area contributed by atoms with Crippen LogP contribution in [0.2, 0.25) is 0 Å². The van der Waals surface area contributed by atoms with Gasteiger partial charge in [-0.15, -0.1) is 6.58 Å². The van der Waals surface area contributed by atoms with Gasteiger partial charge in [0.05, 0.1) is 12.1 Å². The molecule has 4 atom stereocenters. The molecule has 3 aliphatic rings. The molecule has 0 bridgehead atoms. The fraction of sp³-hybridized carbons (Fsp3) is 0.733. The van der Waals surface area contributed by atoms with Crippen molar-refractivity contribution in [1.29, 1.82) is 5.26 Å². The predicted molar refractivity (Wildman–Crippen MR) is 71.8 cm³/mol. The van der Waals surface area contributed by atoms with E-state index in [2.05, 4.69) is 12.6 Å². The van der Waals surface area contributed by atoms with Crippen molar-refractivity contribution in [1.82, 2.24) is 4.90 Å². The van der Waals surface area contributed by atoms with Gasteiger partial charge in [0, 0.05) is 11.5 Å². The number of likely N-dealkylation sites (tertiary alicyclic amines) is 1. The summed E-state index contributed by atoms with van der Waals surface area (Å²) < 4.78 is 0. The maximum absolute atomic E-state index is 12.7. The molecular formula is C15H21N3O. The van der Waals surface area contributed by atoms with Crippen molar-refractivity contribution in [2.45, 2.75) is 56.7 Å². The van der Waals surface area contributed by atoms with Gasteiger partial charge in [0.25, 0.3) is 0 Å². The number of piperidine rings is 1. The molecule has 102 valence electrons. The van der Waals surface area contributed by atoms with Gasteiger partial charge in [-0.3, -0.25) is 4.79 Å². The summed E-state index contributed by atoms with van der Waals surface area (Å²) in [5.74, 6) is 0.516. The third-order valence-electron chi connectivity index (χ3n) is 5.33. The van der Waals surface area contributed by atoms with E-state index in [1.54, 1.807) is 4.90 Å². The topological polar surface area (TPSA) is 70.1 Å². The van der Waals surface area contributed by atoms with E-state index >= 15 is 0 Å². The normalized spacial score (nSPS) is 36.4. The number of fused-ring (bicyclic) bond motifs is 1. The smallest absolute Gasteiger partial charge is 0.241 e. The lowest BCUT2D eigenvalue weighted by atomic mass is 9.78. The highest BCUT2D eigenvalue weighted by atomic mass is 16.2. The molecule has 2 aliphatic carbocycles. The van der Waals surface area contributed by atoms with E-state index in [1.807, 2.05) is 6.08 Å². The molecule has 0 aromatic rings. The Labute approximate surface area is 114 Å². The Bertz CT molecular complexity index is 447. The number of amides is 1. The van der Waals surface area contributed by atoms with Gasteiger partial charge >= 0.3 is 0 Å². The minimum Gasteiger partial charge on any atom is -0.322 e. The summed E-state index contributed by atoms with van der Waals surface area (Å²) in [4.78, 5) is 14.5. The highest BCUT2D eigenvalue weighted by molar-refractivity contribution is 5.84. The molecule has 1 heterocycles. The lowest BCUT2D eigenvalue weighted by Crippen LogP contribution is -2.54. The Morgan fingerprint density at radius 1 is 1.47 bits per heavy atom. The van der Waals surface area contributed by atoms with Crippen LogP contribution < -0.4 is 5.73 Å². The first-order chi connectivity index (χ1) is 9.13. The largest absolute Gasteiger partial charge is 0.322 e. The van der Waals surface area contributed by atoms with Crippen LogP contribution in [0.5, 0.6) is 0 Å². The molecule has 3 rings (SSSR count). The van der Waals surface area contributed by atoms with E-state index in [1.165, 1.54) is 0 Å². The maximum Gasteiger partial charge on any atom is 0.241 e. The average molecular weight is 259 g/mol. The van der Waals surface area contributed by atoms with E-state index in [0.717, 1.165) is 38.5 Å². The van der Waals surface area contributed by atoms with Crippen molar-refractivity contribution in [3.63, 3.8) is 0 Å². The Morgan fingerprint density at radius 2 is 2.16 bits per heavy atom. The summed E-state index contributed by atoms with van der Waals surface area (Å²) >= 11 is 0. The molecular weight excluding hydrogens is 238 g/mol. The number of hydrogen-bond donors (Lipinski definition) is 1. The Morgan fingerprint density at radius 3 is 2.74 bits per heavy atom. The number of nitriles is 1. The number of rotatable bonds is 3. The Kier molecular flexibility index (Phi) is 2.90. The van der Waals surface area contributed by atoms with Gasteiger partial charge in [0.1, 0.15) is 6.04 Å².